The molecule has 0 bridgehead atoms. The molecule has 0 saturated heterocycles. The molecule has 0 unspecified atom stereocenters. The fourth-order valence-corrected chi connectivity index (χ4v) is 3.45. The zero-order chi connectivity index (χ0) is 21.4. The van der Waals surface area contributed by atoms with E-state index in [2.05, 4.69) is 5.32 Å². The molecule has 2 rings (SSSR count). The van der Waals surface area contributed by atoms with Crippen LogP contribution in [0.15, 0.2) is 24.3 Å². The number of anilines is 1. The van der Waals surface area contributed by atoms with Gasteiger partial charge in [-0.15, -0.1) is 11.3 Å². The fraction of sp³-hybridized carbons (Fsp3) is 0.350. The number of methoxy groups -OCH3 is 1. The summed E-state index contributed by atoms with van der Waals surface area (Å²) in [5.74, 6) is -1.14. The minimum atomic E-state index is -0.537. The number of hydrogen-bond donors (Lipinski definition) is 2. The highest BCUT2D eigenvalue weighted by Crippen LogP contribution is 2.28. The number of nitrogens with one attached hydrogen (secondary N) is 1. The first kappa shape index (κ1) is 22.2. The lowest BCUT2D eigenvalue weighted by atomic mass is 10.1. The van der Waals surface area contributed by atoms with E-state index >= 15 is 0 Å². The highest BCUT2D eigenvalue weighted by molar-refractivity contribution is 7.18. The van der Waals surface area contributed by atoms with Gasteiger partial charge in [0.15, 0.2) is 18.1 Å². The summed E-state index contributed by atoms with van der Waals surface area (Å²) in [6.45, 7) is 3.30. The van der Waals surface area contributed by atoms with Gasteiger partial charge in [-0.1, -0.05) is 6.07 Å². The molecule has 2 N–H and O–H groups in total. The lowest BCUT2D eigenvalue weighted by Gasteiger charge is -2.07. The number of aryl methyl sites for hydroxylation is 2. The molecule has 0 aliphatic rings. The first-order valence-corrected chi connectivity index (χ1v) is 9.74. The molecule has 1 heterocycles. The van der Waals surface area contributed by atoms with Crippen molar-refractivity contribution in [3.05, 3.63) is 40.3 Å². The quantitative estimate of drug-likeness (QED) is 0.599. The van der Waals surface area contributed by atoms with E-state index in [1.54, 1.807) is 32.0 Å². The number of esters is 2. The Bertz CT molecular complexity index is 891. The van der Waals surface area contributed by atoms with Crippen molar-refractivity contribution in [2.45, 2.75) is 26.7 Å². The predicted molar refractivity (Wildman–Crippen MR) is 108 cm³/mol. The molecule has 0 aliphatic carbocycles. The van der Waals surface area contributed by atoms with Crippen LogP contribution in [0.4, 0.5) is 5.00 Å². The zero-order valence-corrected chi connectivity index (χ0v) is 17.3. The Kier molecular flexibility index (Phi) is 8.02. The maximum absolute atomic E-state index is 12.0. The second-order valence-corrected chi connectivity index (χ2v) is 7.11. The lowest BCUT2D eigenvalue weighted by molar-refractivity contribution is -0.147. The topological polar surface area (TPSA) is 111 Å². The summed E-state index contributed by atoms with van der Waals surface area (Å²) in [7, 11) is 1.45. The average molecular weight is 421 g/mol. The first-order valence-electron chi connectivity index (χ1n) is 8.93. The second-order valence-electron chi connectivity index (χ2n) is 6.06. The summed E-state index contributed by atoms with van der Waals surface area (Å²) < 4.78 is 14.9. The number of carbonyl (C=O) groups is 3. The largest absolute Gasteiger partial charge is 0.504 e. The number of hydrogen-bond acceptors (Lipinski definition) is 8. The van der Waals surface area contributed by atoms with Gasteiger partial charge in [-0.3, -0.25) is 9.59 Å². The predicted octanol–water partition coefficient (Wildman–Crippen LogP) is 3.06. The van der Waals surface area contributed by atoms with Crippen LogP contribution in [-0.4, -0.2) is 43.3 Å². The van der Waals surface area contributed by atoms with Crippen molar-refractivity contribution in [1.82, 2.24) is 0 Å². The summed E-state index contributed by atoms with van der Waals surface area (Å²) in [5, 5.41) is 12.8. The van der Waals surface area contributed by atoms with Crippen LogP contribution in [0.5, 0.6) is 11.5 Å². The molecule has 156 valence electrons. The van der Waals surface area contributed by atoms with Crippen molar-refractivity contribution < 1.29 is 33.7 Å². The molecule has 0 saturated carbocycles. The minimum Gasteiger partial charge on any atom is -0.504 e. The molecule has 9 heteroatoms. The van der Waals surface area contributed by atoms with Crippen LogP contribution in [0.3, 0.4) is 0 Å². The van der Waals surface area contributed by atoms with Gasteiger partial charge in [0.05, 0.1) is 18.7 Å². The van der Waals surface area contributed by atoms with Crippen molar-refractivity contribution in [2.75, 3.05) is 25.6 Å². The van der Waals surface area contributed by atoms with Crippen LogP contribution >= 0.6 is 11.3 Å². The molecule has 0 aliphatic heterocycles. The second kappa shape index (κ2) is 10.5. The van der Waals surface area contributed by atoms with Gasteiger partial charge in [0, 0.05) is 6.42 Å². The average Bonchev–Trinajstić information content (AvgIpc) is 3.05. The van der Waals surface area contributed by atoms with E-state index in [0.29, 0.717) is 27.6 Å². The molecule has 8 nitrogen and oxygen atoms in total. The van der Waals surface area contributed by atoms with Gasteiger partial charge in [-0.2, -0.15) is 0 Å². The van der Waals surface area contributed by atoms with E-state index in [-0.39, 0.29) is 18.8 Å². The number of ether oxygens (including phenoxy) is 3. The van der Waals surface area contributed by atoms with Gasteiger partial charge in [-0.05, 0) is 49.6 Å². The van der Waals surface area contributed by atoms with Crippen molar-refractivity contribution in [3.63, 3.8) is 0 Å². The van der Waals surface area contributed by atoms with Gasteiger partial charge in [0.25, 0.3) is 5.91 Å². The maximum Gasteiger partial charge on any atom is 0.348 e. The highest BCUT2D eigenvalue weighted by Gasteiger charge is 2.16. The van der Waals surface area contributed by atoms with Crippen LogP contribution in [0, 0.1) is 6.92 Å². The molecule has 2 aromatic rings. The summed E-state index contributed by atoms with van der Waals surface area (Å²) in [5.41, 5.74) is 1.44. The van der Waals surface area contributed by atoms with Crippen LogP contribution in [0.2, 0.25) is 0 Å². The lowest BCUT2D eigenvalue weighted by Crippen LogP contribution is -2.20. The Morgan fingerprint density at radius 3 is 2.59 bits per heavy atom. The molecule has 1 aromatic heterocycles. The molecule has 0 fully saturated rings. The standard InChI is InChI=1S/C20H23NO7S/c1-4-27-20(25)19-12(2)9-17(29-19)21-16(23)11-28-18(24)8-6-13-5-7-15(26-3)14(22)10-13/h5,7,9-10,22H,4,6,8,11H2,1-3H3,(H,21,23). The smallest absolute Gasteiger partial charge is 0.348 e. The van der Waals surface area contributed by atoms with E-state index in [4.69, 9.17) is 14.2 Å². The van der Waals surface area contributed by atoms with E-state index < -0.39 is 24.5 Å². The van der Waals surface area contributed by atoms with E-state index in [1.807, 2.05) is 0 Å². The summed E-state index contributed by atoms with van der Waals surface area (Å²) in [6.07, 6.45) is 0.412. The number of phenols is 1. The van der Waals surface area contributed by atoms with Crippen LogP contribution < -0.4 is 10.1 Å². The van der Waals surface area contributed by atoms with Crippen LogP contribution in [0.25, 0.3) is 0 Å². The molecular weight excluding hydrogens is 398 g/mol. The summed E-state index contributed by atoms with van der Waals surface area (Å²) in [4.78, 5) is 36.1. The van der Waals surface area contributed by atoms with Crippen molar-refractivity contribution in [1.29, 1.82) is 0 Å². The molecule has 1 amide bonds. The van der Waals surface area contributed by atoms with Gasteiger partial charge in [-0.25, -0.2) is 4.79 Å². The van der Waals surface area contributed by atoms with Gasteiger partial charge in [0.2, 0.25) is 0 Å². The summed E-state index contributed by atoms with van der Waals surface area (Å²) >= 11 is 1.10. The van der Waals surface area contributed by atoms with Gasteiger partial charge >= 0.3 is 11.9 Å². The molecule has 0 atom stereocenters. The number of thiophene rings is 1. The SMILES string of the molecule is CCOC(=O)c1sc(NC(=O)COC(=O)CCc2ccc(OC)c(O)c2)cc1C. The first-order chi connectivity index (χ1) is 13.8. The Morgan fingerprint density at radius 1 is 1.17 bits per heavy atom. The third-order valence-corrected chi connectivity index (χ3v) is 5.00. The summed E-state index contributed by atoms with van der Waals surface area (Å²) in [6, 6.07) is 6.52. The Morgan fingerprint density at radius 2 is 1.93 bits per heavy atom. The van der Waals surface area contributed by atoms with Crippen molar-refractivity contribution >= 4 is 34.2 Å². The maximum atomic E-state index is 12.0. The molecule has 29 heavy (non-hydrogen) atoms. The zero-order valence-electron chi connectivity index (χ0n) is 16.4. The number of carbonyl (C=O) groups excluding carboxylic acids is 3. The molecule has 0 spiro atoms. The Balaban J connectivity index is 1.79. The highest BCUT2D eigenvalue weighted by atomic mass is 32.1. The monoisotopic (exact) mass is 421 g/mol. The van der Waals surface area contributed by atoms with Crippen molar-refractivity contribution in [3.8, 4) is 11.5 Å². The van der Waals surface area contributed by atoms with E-state index in [9.17, 15) is 19.5 Å². The normalized spacial score (nSPS) is 10.3. The van der Waals surface area contributed by atoms with E-state index in [0.717, 1.165) is 16.9 Å². The third-order valence-electron chi connectivity index (χ3n) is 3.87. The number of rotatable bonds is 9. The van der Waals surface area contributed by atoms with Gasteiger partial charge in [0.1, 0.15) is 4.88 Å². The van der Waals surface area contributed by atoms with Crippen molar-refractivity contribution in [2.24, 2.45) is 0 Å². The minimum absolute atomic E-state index is 0.00817. The van der Waals surface area contributed by atoms with Crippen LogP contribution in [-0.2, 0) is 25.5 Å². The number of phenolic OH excluding ortho intramolecular Hbond substituents is 1. The third kappa shape index (κ3) is 6.49. The Labute approximate surface area is 172 Å². The molecular formula is C20H23NO7S. The van der Waals surface area contributed by atoms with Gasteiger partial charge < -0.3 is 24.6 Å². The number of benzene rings is 1. The molecule has 1 aromatic carbocycles. The number of aromatic hydroxyl groups is 1. The molecule has 0 radical (unpaired) electrons. The fourth-order valence-electron chi connectivity index (χ4n) is 2.47. The van der Waals surface area contributed by atoms with Crippen LogP contribution in [0.1, 0.15) is 34.1 Å². The number of amides is 1. The van der Waals surface area contributed by atoms with E-state index in [1.165, 1.54) is 13.2 Å². The Hall–Kier alpha value is -3.07.